The van der Waals surface area contributed by atoms with E-state index in [1.54, 1.807) is 12.1 Å². The van der Waals surface area contributed by atoms with Crippen LogP contribution in [0.1, 0.15) is 6.42 Å². The molecule has 1 aliphatic heterocycles. The molecule has 0 bridgehead atoms. The van der Waals surface area contributed by atoms with Gasteiger partial charge in [-0.1, -0.05) is 0 Å². The van der Waals surface area contributed by atoms with E-state index in [1.165, 1.54) is 46.2 Å². The van der Waals surface area contributed by atoms with E-state index in [4.69, 9.17) is 0 Å². The van der Waals surface area contributed by atoms with E-state index < -0.39 is 24.0 Å². The highest BCUT2D eigenvalue weighted by Gasteiger charge is 2.26. The Morgan fingerprint density at radius 1 is 1.16 bits per heavy atom. The number of rotatable bonds is 3. The molecule has 2 amide bonds. The number of likely N-dealkylation sites (tertiary alicyclic amines) is 1. The number of halogens is 3. The minimum atomic E-state index is -1.04. The fourth-order valence-electron chi connectivity index (χ4n) is 3.52. The summed E-state index contributed by atoms with van der Waals surface area (Å²) in [5, 5.41) is 6.89. The first-order chi connectivity index (χ1) is 15.5. The molecular formula is C21H16F3N7O. The number of carbonyl (C=O) groups excluding carboxylic acids is 1. The van der Waals surface area contributed by atoms with Crippen molar-refractivity contribution >= 4 is 17.5 Å². The van der Waals surface area contributed by atoms with Gasteiger partial charge in [-0.05, 0) is 36.8 Å². The molecule has 1 fully saturated rings. The molecule has 32 heavy (non-hydrogen) atoms. The Hall–Kier alpha value is -4.02. The van der Waals surface area contributed by atoms with Gasteiger partial charge in [-0.3, -0.25) is 0 Å². The molecule has 4 heterocycles. The molecule has 5 rings (SSSR count). The topological polar surface area (TPSA) is 88.3 Å². The van der Waals surface area contributed by atoms with E-state index in [1.807, 2.05) is 0 Å². The summed E-state index contributed by atoms with van der Waals surface area (Å²) in [6, 6.07) is 6.67. The Bertz CT molecular complexity index is 1330. The van der Waals surface area contributed by atoms with E-state index >= 15 is 0 Å². The van der Waals surface area contributed by atoms with Crippen molar-refractivity contribution in [1.29, 1.82) is 0 Å². The number of amides is 2. The fourth-order valence-corrected chi connectivity index (χ4v) is 3.52. The van der Waals surface area contributed by atoms with Crippen LogP contribution in [0.5, 0.6) is 0 Å². The molecule has 162 valence electrons. The molecule has 1 aromatic carbocycles. The summed E-state index contributed by atoms with van der Waals surface area (Å²) < 4.78 is 43.2. The summed E-state index contributed by atoms with van der Waals surface area (Å²) in [7, 11) is 0. The van der Waals surface area contributed by atoms with E-state index in [0.29, 0.717) is 24.2 Å². The first-order valence-corrected chi connectivity index (χ1v) is 9.81. The summed E-state index contributed by atoms with van der Waals surface area (Å²) in [6.45, 7) is 0.347. The average Bonchev–Trinajstić information content (AvgIpc) is 3.41. The lowest BCUT2D eigenvalue weighted by atomic mass is 10.1. The van der Waals surface area contributed by atoms with Gasteiger partial charge in [0.1, 0.15) is 12.0 Å². The van der Waals surface area contributed by atoms with E-state index in [0.717, 1.165) is 0 Å². The summed E-state index contributed by atoms with van der Waals surface area (Å²) in [5.41, 5.74) is 1.04. The van der Waals surface area contributed by atoms with Crippen molar-refractivity contribution in [3.8, 4) is 22.5 Å². The maximum absolute atomic E-state index is 14.5. The van der Waals surface area contributed by atoms with Crippen LogP contribution in [0.15, 0.2) is 48.9 Å². The third-order valence-electron chi connectivity index (χ3n) is 5.14. The quantitative estimate of drug-likeness (QED) is 0.492. The molecule has 0 aliphatic carbocycles. The van der Waals surface area contributed by atoms with Crippen molar-refractivity contribution in [3.63, 3.8) is 0 Å². The Morgan fingerprint density at radius 3 is 2.81 bits per heavy atom. The van der Waals surface area contributed by atoms with Crippen molar-refractivity contribution in [2.45, 2.75) is 12.6 Å². The highest BCUT2D eigenvalue weighted by atomic mass is 19.1. The molecule has 8 nitrogen and oxygen atoms in total. The number of aromatic nitrogens is 5. The van der Waals surface area contributed by atoms with Crippen LogP contribution < -0.4 is 5.32 Å². The number of hydrogen-bond donors (Lipinski definition) is 1. The Kier molecular flexibility index (Phi) is 4.92. The molecule has 11 heteroatoms. The molecule has 1 saturated heterocycles. The highest BCUT2D eigenvalue weighted by molar-refractivity contribution is 5.90. The van der Waals surface area contributed by atoms with Crippen LogP contribution in [0.25, 0.3) is 28.3 Å². The summed E-state index contributed by atoms with van der Waals surface area (Å²) >= 11 is 0. The van der Waals surface area contributed by atoms with Crippen molar-refractivity contribution < 1.29 is 18.0 Å². The van der Waals surface area contributed by atoms with Crippen LogP contribution in [0.3, 0.4) is 0 Å². The number of anilines is 1. The van der Waals surface area contributed by atoms with Gasteiger partial charge in [0.2, 0.25) is 5.95 Å². The summed E-state index contributed by atoms with van der Waals surface area (Å²) in [4.78, 5) is 25.7. The Labute approximate surface area is 179 Å². The normalized spacial score (nSPS) is 16.0. The Balaban J connectivity index is 1.45. The van der Waals surface area contributed by atoms with Gasteiger partial charge in [-0.15, -0.1) is 5.10 Å². The number of benzene rings is 1. The van der Waals surface area contributed by atoms with E-state index in [2.05, 4.69) is 25.4 Å². The fraction of sp³-hybridized carbons (Fsp3) is 0.190. The SMILES string of the molecule is O=C(Nc1ccc(F)c(-c2nc3ncc(-c4cccnc4F)cn3n2)c1)N1CC[C@@H](F)C1. The Morgan fingerprint density at radius 2 is 2.03 bits per heavy atom. The van der Waals surface area contributed by atoms with Crippen LogP contribution in [0.4, 0.5) is 23.7 Å². The van der Waals surface area contributed by atoms with Gasteiger partial charge in [-0.2, -0.15) is 9.37 Å². The molecule has 4 aromatic rings. The first-order valence-electron chi connectivity index (χ1n) is 9.81. The van der Waals surface area contributed by atoms with Crippen LogP contribution in [-0.4, -0.2) is 54.8 Å². The van der Waals surface area contributed by atoms with Crippen LogP contribution in [0.2, 0.25) is 0 Å². The van der Waals surface area contributed by atoms with Gasteiger partial charge in [0.25, 0.3) is 5.78 Å². The van der Waals surface area contributed by atoms with Gasteiger partial charge in [-0.25, -0.2) is 28.1 Å². The molecule has 1 N–H and O–H groups in total. The zero-order valence-electron chi connectivity index (χ0n) is 16.5. The smallest absolute Gasteiger partial charge is 0.321 e. The number of hydrogen-bond acceptors (Lipinski definition) is 5. The standard InChI is InChI=1S/C21H16F3N7O/c22-13-5-7-30(11-13)21(32)27-14-3-4-17(23)16(8-14)19-28-20-26-9-12(10-31(20)29-19)15-2-1-6-25-18(15)24/h1-4,6,8-10,13H,5,7,11H2,(H,27,32)/t13-/m1/s1. The largest absolute Gasteiger partial charge is 0.322 e. The minimum absolute atomic E-state index is 0.0272. The molecule has 0 unspecified atom stereocenters. The third-order valence-corrected chi connectivity index (χ3v) is 5.14. The third kappa shape index (κ3) is 3.72. The maximum Gasteiger partial charge on any atom is 0.321 e. The predicted octanol–water partition coefficient (Wildman–Crippen LogP) is 3.71. The van der Waals surface area contributed by atoms with Crippen LogP contribution in [-0.2, 0) is 0 Å². The maximum atomic E-state index is 14.5. The summed E-state index contributed by atoms with van der Waals surface area (Å²) in [6.07, 6.45) is 3.54. The van der Waals surface area contributed by atoms with Crippen molar-refractivity contribution in [2.24, 2.45) is 0 Å². The second-order valence-electron chi connectivity index (χ2n) is 7.32. The minimum Gasteiger partial charge on any atom is -0.322 e. The number of carbonyl (C=O) groups is 1. The lowest BCUT2D eigenvalue weighted by molar-refractivity contribution is 0.218. The second-order valence-corrected chi connectivity index (χ2v) is 7.32. The number of nitrogens with one attached hydrogen (secondary N) is 1. The highest BCUT2D eigenvalue weighted by Crippen LogP contribution is 2.26. The predicted molar refractivity (Wildman–Crippen MR) is 109 cm³/mol. The molecule has 0 saturated carbocycles. The number of pyridine rings is 1. The van der Waals surface area contributed by atoms with E-state index in [-0.39, 0.29) is 29.3 Å². The van der Waals surface area contributed by atoms with Gasteiger partial charge in [0, 0.05) is 41.9 Å². The van der Waals surface area contributed by atoms with Crippen molar-refractivity contribution in [3.05, 3.63) is 60.7 Å². The lowest BCUT2D eigenvalue weighted by Crippen LogP contribution is -2.33. The number of nitrogens with zero attached hydrogens (tertiary/aromatic N) is 6. The monoisotopic (exact) mass is 439 g/mol. The molecule has 0 radical (unpaired) electrons. The molecule has 1 aliphatic rings. The van der Waals surface area contributed by atoms with Gasteiger partial charge >= 0.3 is 6.03 Å². The molecule has 1 atom stereocenters. The van der Waals surface area contributed by atoms with Gasteiger partial charge < -0.3 is 10.2 Å². The molecule has 3 aromatic heterocycles. The van der Waals surface area contributed by atoms with Crippen molar-refractivity contribution in [1.82, 2.24) is 29.5 Å². The van der Waals surface area contributed by atoms with Crippen LogP contribution >= 0.6 is 0 Å². The van der Waals surface area contributed by atoms with Gasteiger partial charge in [0.15, 0.2) is 5.82 Å². The molecule has 0 spiro atoms. The summed E-state index contributed by atoms with van der Waals surface area (Å²) in [5.74, 6) is -1.02. The van der Waals surface area contributed by atoms with Crippen molar-refractivity contribution in [2.75, 3.05) is 18.4 Å². The van der Waals surface area contributed by atoms with E-state index in [9.17, 15) is 18.0 Å². The van der Waals surface area contributed by atoms with Crippen LogP contribution in [0, 0.1) is 11.8 Å². The number of alkyl halides is 1. The average molecular weight is 439 g/mol. The second kappa shape index (κ2) is 7.91. The lowest BCUT2D eigenvalue weighted by Gasteiger charge is -2.16. The first kappa shape index (κ1) is 19.9. The zero-order valence-corrected chi connectivity index (χ0v) is 16.5. The van der Waals surface area contributed by atoms with Gasteiger partial charge in [0.05, 0.1) is 12.1 Å². The zero-order chi connectivity index (χ0) is 22.2. The number of fused-ring (bicyclic) bond motifs is 1. The number of urea groups is 1. The molecular weight excluding hydrogens is 423 g/mol.